The standard InChI is InChI=1S/C11H24NO2.ClH/c1-6-7-8-9-11(13)14-10(2)12(3,4)5;/h10H,6-9H2,1-5H3;1H/q+1;/p-1. The second-order valence-electron chi connectivity index (χ2n) is 4.66. The van der Waals surface area contributed by atoms with Crippen molar-refractivity contribution < 1.29 is 26.4 Å². The van der Waals surface area contributed by atoms with Crippen LogP contribution in [0.25, 0.3) is 0 Å². The summed E-state index contributed by atoms with van der Waals surface area (Å²) in [4.78, 5) is 11.3. The van der Waals surface area contributed by atoms with Gasteiger partial charge in [0.25, 0.3) is 0 Å². The summed E-state index contributed by atoms with van der Waals surface area (Å²) in [5.74, 6) is -0.0704. The van der Waals surface area contributed by atoms with Gasteiger partial charge in [0.2, 0.25) is 6.23 Å². The number of carbonyl (C=O) groups is 1. The Bertz CT molecular complexity index is 178. The summed E-state index contributed by atoms with van der Waals surface area (Å²) < 4.78 is 5.95. The molecule has 0 amide bonds. The molecule has 0 aromatic heterocycles. The van der Waals surface area contributed by atoms with Gasteiger partial charge in [0.05, 0.1) is 21.1 Å². The predicted octanol–water partition coefficient (Wildman–Crippen LogP) is -0.834. The molecular weight excluding hydrogens is 214 g/mol. The van der Waals surface area contributed by atoms with Crippen LogP contribution in [0.1, 0.15) is 39.5 Å². The Morgan fingerprint density at radius 2 is 1.80 bits per heavy atom. The van der Waals surface area contributed by atoms with Gasteiger partial charge in [-0.1, -0.05) is 19.8 Å². The molecule has 0 bridgehead atoms. The molecule has 0 saturated carbocycles. The van der Waals surface area contributed by atoms with Crippen molar-refractivity contribution in [3.8, 4) is 0 Å². The number of rotatable bonds is 6. The summed E-state index contributed by atoms with van der Waals surface area (Å²) in [6, 6.07) is 0. The summed E-state index contributed by atoms with van der Waals surface area (Å²) in [5.41, 5.74) is 0. The number of ether oxygens (including phenoxy) is 1. The lowest BCUT2D eigenvalue weighted by Gasteiger charge is -2.30. The first-order valence-electron chi connectivity index (χ1n) is 5.38. The SMILES string of the molecule is CCCCCC(=O)OC(C)[N+](C)(C)C.[Cl-]. The van der Waals surface area contributed by atoms with Crippen molar-refractivity contribution in [1.29, 1.82) is 0 Å². The van der Waals surface area contributed by atoms with E-state index >= 15 is 0 Å². The molecule has 3 nitrogen and oxygen atoms in total. The Morgan fingerprint density at radius 1 is 1.27 bits per heavy atom. The molecule has 0 N–H and O–H groups in total. The van der Waals surface area contributed by atoms with Gasteiger partial charge in [-0.2, -0.15) is 0 Å². The van der Waals surface area contributed by atoms with Crippen molar-refractivity contribution in [3.63, 3.8) is 0 Å². The Labute approximate surface area is 99.8 Å². The van der Waals surface area contributed by atoms with E-state index in [2.05, 4.69) is 6.92 Å². The second-order valence-corrected chi connectivity index (χ2v) is 4.66. The van der Waals surface area contributed by atoms with Crippen molar-refractivity contribution >= 4 is 5.97 Å². The van der Waals surface area contributed by atoms with Crippen molar-refractivity contribution in [1.82, 2.24) is 0 Å². The van der Waals surface area contributed by atoms with E-state index < -0.39 is 0 Å². The van der Waals surface area contributed by atoms with Gasteiger partial charge >= 0.3 is 5.97 Å². The predicted molar refractivity (Wildman–Crippen MR) is 57.7 cm³/mol. The quantitative estimate of drug-likeness (QED) is 0.261. The number of quaternary nitrogens is 1. The topological polar surface area (TPSA) is 26.3 Å². The molecule has 0 heterocycles. The highest BCUT2D eigenvalue weighted by atomic mass is 35.5. The maximum Gasteiger partial charge on any atom is 0.310 e. The molecule has 0 fully saturated rings. The van der Waals surface area contributed by atoms with Crippen LogP contribution in [0.4, 0.5) is 0 Å². The molecule has 0 radical (unpaired) electrons. The third-order valence-corrected chi connectivity index (χ3v) is 2.38. The highest BCUT2D eigenvalue weighted by molar-refractivity contribution is 5.69. The van der Waals surface area contributed by atoms with Crippen LogP contribution < -0.4 is 12.4 Å². The van der Waals surface area contributed by atoms with Crippen LogP contribution in [0.15, 0.2) is 0 Å². The van der Waals surface area contributed by atoms with E-state index in [-0.39, 0.29) is 24.6 Å². The van der Waals surface area contributed by atoms with Gasteiger partial charge in [0, 0.05) is 13.3 Å². The maximum atomic E-state index is 11.3. The minimum atomic E-state index is -0.0704. The number of hydrogen-bond donors (Lipinski definition) is 0. The average Bonchev–Trinajstić information content (AvgIpc) is 2.03. The lowest BCUT2D eigenvalue weighted by molar-refractivity contribution is -0.914. The third-order valence-electron chi connectivity index (χ3n) is 2.38. The van der Waals surface area contributed by atoms with Gasteiger partial charge in [-0.05, 0) is 6.42 Å². The Balaban J connectivity index is 0. The molecule has 1 unspecified atom stereocenters. The molecule has 0 saturated heterocycles. The Hall–Kier alpha value is -0.280. The minimum Gasteiger partial charge on any atom is -1.00 e. The number of nitrogens with zero attached hydrogens (tertiary/aromatic N) is 1. The lowest BCUT2D eigenvalue weighted by atomic mass is 10.2. The number of halogens is 1. The van der Waals surface area contributed by atoms with Crippen LogP contribution in [0.3, 0.4) is 0 Å². The highest BCUT2D eigenvalue weighted by Crippen LogP contribution is 2.07. The van der Waals surface area contributed by atoms with Crippen molar-refractivity contribution in [2.24, 2.45) is 0 Å². The van der Waals surface area contributed by atoms with Gasteiger partial charge in [-0.3, -0.25) is 9.28 Å². The molecule has 0 aliphatic rings. The van der Waals surface area contributed by atoms with E-state index in [0.29, 0.717) is 10.9 Å². The molecule has 0 aromatic rings. The lowest BCUT2D eigenvalue weighted by Crippen LogP contribution is -3.00. The summed E-state index contributed by atoms with van der Waals surface area (Å²) in [6.07, 6.45) is 3.67. The number of esters is 1. The highest BCUT2D eigenvalue weighted by Gasteiger charge is 2.21. The van der Waals surface area contributed by atoms with Crippen LogP contribution in [0.2, 0.25) is 0 Å². The largest absolute Gasteiger partial charge is 1.00 e. The summed E-state index contributed by atoms with van der Waals surface area (Å²) in [7, 11) is 6.05. The van der Waals surface area contributed by atoms with Gasteiger partial charge in [-0.25, -0.2) is 0 Å². The zero-order valence-corrected chi connectivity index (χ0v) is 11.3. The maximum absolute atomic E-state index is 11.3. The smallest absolute Gasteiger partial charge is 0.310 e. The van der Waals surface area contributed by atoms with E-state index in [9.17, 15) is 4.79 Å². The zero-order valence-electron chi connectivity index (χ0n) is 10.5. The molecule has 4 heteroatoms. The van der Waals surface area contributed by atoms with E-state index in [1.165, 1.54) is 0 Å². The first kappa shape index (κ1) is 17.1. The molecule has 1 atom stereocenters. The second kappa shape index (κ2) is 7.94. The molecule has 0 aliphatic heterocycles. The van der Waals surface area contributed by atoms with Crippen molar-refractivity contribution in [2.75, 3.05) is 21.1 Å². The van der Waals surface area contributed by atoms with Gasteiger partial charge in [-0.15, -0.1) is 0 Å². The summed E-state index contributed by atoms with van der Waals surface area (Å²) in [6.45, 7) is 4.05. The molecule has 0 rings (SSSR count). The first-order valence-corrected chi connectivity index (χ1v) is 5.38. The van der Waals surface area contributed by atoms with Gasteiger partial charge < -0.3 is 17.1 Å². The van der Waals surface area contributed by atoms with Gasteiger partial charge in [0.15, 0.2) is 0 Å². The molecule has 0 spiro atoms. The molecule has 15 heavy (non-hydrogen) atoms. The van der Waals surface area contributed by atoms with E-state index in [0.717, 1.165) is 19.3 Å². The van der Waals surface area contributed by atoms with Crippen LogP contribution in [-0.2, 0) is 9.53 Å². The molecular formula is C11H24ClNO2. The fourth-order valence-electron chi connectivity index (χ4n) is 0.927. The minimum absolute atomic E-state index is 0. The Morgan fingerprint density at radius 3 is 2.20 bits per heavy atom. The van der Waals surface area contributed by atoms with Gasteiger partial charge in [0.1, 0.15) is 0 Å². The third kappa shape index (κ3) is 8.70. The number of unbranched alkanes of at least 4 members (excludes halogenated alkanes) is 2. The van der Waals surface area contributed by atoms with Crippen LogP contribution in [0, 0.1) is 0 Å². The Kier molecular flexibility index (Phi) is 9.07. The summed E-state index contributed by atoms with van der Waals surface area (Å²) >= 11 is 0. The van der Waals surface area contributed by atoms with Crippen molar-refractivity contribution in [2.45, 2.75) is 45.8 Å². The monoisotopic (exact) mass is 237 g/mol. The fourth-order valence-corrected chi connectivity index (χ4v) is 0.927. The van der Waals surface area contributed by atoms with Crippen LogP contribution in [-0.4, -0.2) is 37.8 Å². The molecule has 92 valence electrons. The fraction of sp³-hybridized carbons (Fsp3) is 0.909. The van der Waals surface area contributed by atoms with E-state index in [1.54, 1.807) is 0 Å². The van der Waals surface area contributed by atoms with E-state index in [4.69, 9.17) is 4.74 Å². The molecule has 0 aromatic carbocycles. The van der Waals surface area contributed by atoms with Crippen LogP contribution in [0.5, 0.6) is 0 Å². The summed E-state index contributed by atoms with van der Waals surface area (Å²) in [5, 5.41) is 0. The van der Waals surface area contributed by atoms with Crippen molar-refractivity contribution in [3.05, 3.63) is 0 Å². The van der Waals surface area contributed by atoms with Crippen LogP contribution >= 0.6 is 0 Å². The first-order chi connectivity index (χ1) is 6.38. The number of carbonyl (C=O) groups excluding carboxylic acids is 1. The average molecular weight is 238 g/mol. The van der Waals surface area contributed by atoms with E-state index in [1.807, 2.05) is 28.1 Å². The molecule has 0 aliphatic carbocycles. The number of hydrogen-bond acceptors (Lipinski definition) is 2. The zero-order chi connectivity index (χ0) is 11.2. The normalized spacial score (nSPS) is 12.9.